The van der Waals surface area contributed by atoms with E-state index < -0.39 is 0 Å². The topological polar surface area (TPSA) is 89.2 Å². The van der Waals surface area contributed by atoms with Crippen molar-refractivity contribution >= 4 is 35.1 Å². The first-order valence-electron chi connectivity index (χ1n) is 11.9. The number of benzene rings is 1. The molecule has 7 nitrogen and oxygen atoms in total. The van der Waals surface area contributed by atoms with Crippen LogP contribution in [0.2, 0.25) is 5.02 Å². The van der Waals surface area contributed by atoms with Crippen LogP contribution < -0.4 is 20.7 Å². The first-order valence-corrected chi connectivity index (χ1v) is 12.3. The Balaban J connectivity index is 1.64. The molecule has 0 radical (unpaired) electrons. The van der Waals surface area contributed by atoms with E-state index in [0.29, 0.717) is 34.8 Å². The maximum absolute atomic E-state index is 6.29. The van der Waals surface area contributed by atoms with Crippen molar-refractivity contribution < 1.29 is 4.74 Å². The minimum Gasteiger partial charge on any atom is -0.495 e. The van der Waals surface area contributed by atoms with Crippen LogP contribution in [0.4, 0.5) is 23.5 Å². The largest absolute Gasteiger partial charge is 0.495 e. The van der Waals surface area contributed by atoms with E-state index in [9.17, 15) is 0 Å². The Hall–Kier alpha value is -2.28. The fourth-order valence-electron chi connectivity index (χ4n) is 5.24. The number of anilines is 4. The number of nitrogens with one attached hydrogen (secondary N) is 1. The lowest BCUT2D eigenvalue weighted by molar-refractivity contribution is 0.305. The van der Waals surface area contributed by atoms with Crippen molar-refractivity contribution in [3.05, 3.63) is 23.2 Å². The van der Waals surface area contributed by atoms with E-state index in [0.717, 1.165) is 11.6 Å². The fourth-order valence-corrected chi connectivity index (χ4v) is 5.50. The van der Waals surface area contributed by atoms with Gasteiger partial charge >= 0.3 is 0 Å². The van der Waals surface area contributed by atoms with E-state index in [1.165, 1.54) is 64.2 Å². The molecule has 2 unspecified atom stereocenters. The van der Waals surface area contributed by atoms with Gasteiger partial charge in [-0.15, -0.1) is 0 Å². The molecule has 2 aromatic rings. The lowest BCUT2D eigenvalue weighted by Crippen LogP contribution is -2.46. The molecule has 2 saturated carbocycles. The van der Waals surface area contributed by atoms with Gasteiger partial charge in [0.2, 0.25) is 17.8 Å². The van der Waals surface area contributed by atoms with Crippen LogP contribution in [0, 0.1) is 5.92 Å². The summed E-state index contributed by atoms with van der Waals surface area (Å²) in [6.45, 7) is 2.36. The number of ether oxygens (including phenoxy) is 1. The molecule has 2 atom stereocenters. The first kappa shape index (κ1) is 22.9. The van der Waals surface area contributed by atoms with Gasteiger partial charge in [-0.3, -0.25) is 0 Å². The number of methoxy groups -OCH3 is 1. The Bertz CT molecular complexity index is 900. The summed E-state index contributed by atoms with van der Waals surface area (Å²) in [4.78, 5) is 16.3. The Morgan fingerprint density at radius 3 is 2.44 bits per heavy atom. The zero-order valence-electron chi connectivity index (χ0n) is 19.2. The lowest BCUT2D eigenvalue weighted by Gasteiger charge is -2.41. The van der Waals surface area contributed by atoms with Crippen LogP contribution in [0.1, 0.15) is 71.1 Å². The summed E-state index contributed by atoms with van der Waals surface area (Å²) in [7, 11) is 1.60. The maximum Gasteiger partial charge on any atom is 0.233 e. The van der Waals surface area contributed by atoms with Crippen molar-refractivity contribution in [2.75, 3.05) is 23.1 Å². The van der Waals surface area contributed by atoms with Gasteiger partial charge in [0, 0.05) is 17.8 Å². The maximum atomic E-state index is 6.29. The number of hydrogen-bond acceptors (Lipinski definition) is 7. The molecule has 32 heavy (non-hydrogen) atoms. The summed E-state index contributed by atoms with van der Waals surface area (Å²) in [6.07, 6.45) is 12.5. The molecule has 0 bridgehead atoms. The van der Waals surface area contributed by atoms with Crippen molar-refractivity contribution in [2.45, 2.75) is 83.2 Å². The molecule has 0 saturated heterocycles. The predicted molar refractivity (Wildman–Crippen MR) is 131 cm³/mol. The molecule has 0 spiro atoms. The fraction of sp³-hybridized carbons (Fsp3) is 0.625. The SMILES string of the molecule is COc1ccc(Nc2nc(N)nc(N(C3CCCCCC3)C3CCCC(C)C3)n2)cc1Cl. The highest BCUT2D eigenvalue weighted by Gasteiger charge is 2.32. The van der Waals surface area contributed by atoms with Crippen LogP contribution in [-0.2, 0) is 0 Å². The Morgan fingerprint density at radius 1 is 1.00 bits per heavy atom. The molecule has 1 aromatic carbocycles. The average Bonchev–Trinajstić information content (AvgIpc) is 3.03. The molecule has 0 aliphatic heterocycles. The van der Waals surface area contributed by atoms with Crippen LogP contribution in [0.3, 0.4) is 0 Å². The van der Waals surface area contributed by atoms with E-state index in [-0.39, 0.29) is 5.95 Å². The Labute approximate surface area is 196 Å². The summed E-state index contributed by atoms with van der Waals surface area (Å²) in [5.41, 5.74) is 6.95. The van der Waals surface area contributed by atoms with Crippen LogP contribution in [0.25, 0.3) is 0 Å². The molecule has 4 rings (SSSR count). The van der Waals surface area contributed by atoms with Crippen molar-refractivity contribution in [2.24, 2.45) is 5.92 Å². The van der Waals surface area contributed by atoms with Crippen LogP contribution in [0.15, 0.2) is 18.2 Å². The minimum absolute atomic E-state index is 0.236. The van der Waals surface area contributed by atoms with Gasteiger partial charge in [0.15, 0.2) is 0 Å². The number of rotatable bonds is 6. The molecule has 2 aliphatic rings. The monoisotopic (exact) mass is 458 g/mol. The van der Waals surface area contributed by atoms with Crippen LogP contribution >= 0.6 is 11.6 Å². The molecular weight excluding hydrogens is 424 g/mol. The van der Waals surface area contributed by atoms with E-state index in [1.54, 1.807) is 13.2 Å². The standard InChI is InChI=1S/C24H35ClN6O/c1-16-8-7-11-19(14-16)31(18-9-5-3-4-6-10-18)24-29-22(26)28-23(30-24)27-17-12-13-21(32-2)20(25)15-17/h12-13,15-16,18-19H,3-11,14H2,1-2H3,(H3,26,27,28,29,30). The number of nitrogens with zero attached hydrogens (tertiary/aromatic N) is 4. The molecule has 3 N–H and O–H groups in total. The third-order valence-corrected chi connectivity index (χ3v) is 7.10. The highest BCUT2D eigenvalue weighted by atomic mass is 35.5. The predicted octanol–water partition coefficient (Wildman–Crippen LogP) is 5.97. The Kier molecular flexibility index (Phi) is 7.55. The normalized spacial score (nSPS) is 22.2. The Morgan fingerprint density at radius 2 is 1.75 bits per heavy atom. The van der Waals surface area contributed by atoms with Crippen molar-refractivity contribution in [3.8, 4) is 5.75 Å². The van der Waals surface area contributed by atoms with Gasteiger partial charge in [-0.05, 0) is 49.8 Å². The smallest absolute Gasteiger partial charge is 0.233 e. The van der Waals surface area contributed by atoms with E-state index in [4.69, 9.17) is 27.1 Å². The molecule has 8 heteroatoms. The van der Waals surface area contributed by atoms with E-state index >= 15 is 0 Å². The molecule has 1 aromatic heterocycles. The van der Waals surface area contributed by atoms with Crippen LogP contribution in [0.5, 0.6) is 5.75 Å². The summed E-state index contributed by atoms with van der Waals surface area (Å²) in [5.74, 6) is 2.72. The van der Waals surface area contributed by atoms with Gasteiger partial charge in [-0.1, -0.05) is 57.0 Å². The van der Waals surface area contributed by atoms with Crippen LogP contribution in [-0.4, -0.2) is 34.1 Å². The highest BCUT2D eigenvalue weighted by Crippen LogP contribution is 2.35. The van der Waals surface area contributed by atoms with Crippen molar-refractivity contribution in [1.82, 2.24) is 15.0 Å². The zero-order chi connectivity index (χ0) is 22.5. The molecule has 2 fully saturated rings. The van der Waals surface area contributed by atoms with E-state index in [2.05, 4.69) is 27.1 Å². The molecule has 2 aliphatic carbocycles. The molecule has 174 valence electrons. The quantitative estimate of drug-likeness (QED) is 0.515. The molecule has 0 amide bonds. The van der Waals surface area contributed by atoms with Gasteiger partial charge in [0.05, 0.1) is 12.1 Å². The number of aromatic nitrogens is 3. The zero-order valence-corrected chi connectivity index (χ0v) is 19.9. The third kappa shape index (κ3) is 5.55. The second kappa shape index (κ2) is 10.6. The van der Waals surface area contributed by atoms with Gasteiger partial charge < -0.3 is 20.7 Å². The number of hydrogen-bond donors (Lipinski definition) is 2. The third-order valence-electron chi connectivity index (χ3n) is 6.80. The van der Waals surface area contributed by atoms with Gasteiger partial charge in [0.25, 0.3) is 0 Å². The lowest BCUT2D eigenvalue weighted by atomic mass is 9.85. The molecule has 1 heterocycles. The molecular formula is C24H35ClN6O. The highest BCUT2D eigenvalue weighted by molar-refractivity contribution is 6.32. The van der Waals surface area contributed by atoms with Crippen molar-refractivity contribution in [1.29, 1.82) is 0 Å². The second-order valence-electron chi connectivity index (χ2n) is 9.27. The van der Waals surface area contributed by atoms with Gasteiger partial charge in [0.1, 0.15) is 5.75 Å². The van der Waals surface area contributed by atoms with Crippen molar-refractivity contribution in [3.63, 3.8) is 0 Å². The van der Waals surface area contributed by atoms with Gasteiger partial charge in [-0.2, -0.15) is 15.0 Å². The number of halogens is 1. The summed E-state index contributed by atoms with van der Waals surface area (Å²) in [6, 6.07) is 6.41. The number of nitrogens with two attached hydrogens (primary N) is 1. The number of nitrogen functional groups attached to an aromatic ring is 1. The summed E-state index contributed by atoms with van der Waals surface area (Å²) >= 11 is 6.29. The summed E-state index contributed by atoms with van der Waals surface area (Å²) < 4.78 is 5.25. The van der Waals surface area contributed by atoms with E-state index in [1.807, 2.05) is 12.1 Å². The first-order chi connectivity index (χ1) is 15.5. The summed E-state index contributed by atoms with van der Waals surface area (Å²) in [5, 5.41) is 3.77. The minimum atomic E-state index is 0.236. The average molecular weight is 459 g/mol. The second-order valence-corrected chi connectivity index (χ2v) is 9.68. The van der Waals surface area contributed by atoms with Gasteiger partial charge in [-0.25, -0.2) is 0 Å².